The van der Waals surface area contributed by atoms with E-state index in [-0.39, 0.29) is 10.7 Å². The van der Waals surface area contributed by atoms with E-state index in [1.807, 2.05) is 56.3 Å². The van der Waals surface area contributed by atoms with Crippen molar-refractivity contribution in [1.82, 2.24) is 20.6 Å². The first kappa shape index (κ1) is 19.6. The Kier molecular flexibility index (Phi) is 5.80. The summed E-state index contributed by atoms with van der Waals surface area (Å²) in [5.74, 6) is -0.906. The van der Waals surface area contributed by atoms with Gasteiger partial charge in [0.25, 0.3) is 11.8 Å². The average molecular weight is 397 g/mol. The van der Waals surface area contributed by atoms with Crippen LogP contribution in [0.5, 0.6) is 0 Å². The van der Waals surface area contributed by atoms with E-state index in [0.717, 1.165) is 16.7 Å². The van der Waals surface area contributed by atoms with Crippen molar-refractivity contribution in [2.75, 3.05) is 0 Å². The number of hydrogen-bond acceptors (Lipinski definition) is 3. The van der Waals surface area contributed by atoms with Crippen LogP contribution in [0.1, 0.15) is 43.1 Å². The van der Waals surface area contributed by atoms with Crippen LogP contribution in [0.4, 0.5) is 0 Å². The van der Waals surface area contributed by atoms with E-state index in [0.29, 0.717) is 17.8 Å². The van der Waals surface area contributed by atoms with E-state index in [4.69, 9.17) is 11.6 Å². The van der Waals surface area contributed by atoms with Crippen molar-refractivity contribution in [2.24, 2.45) is 0 Å². The molecule has 2 aromatic carbocycles. The zero-order valence-corrected chi connectivity index (χ0v) is 16.7. The number of aromatic nitrogens is 2. The van der Waals surface area contributed by atoms with Crippen LogP contribution in [0.25, 0.3) is 0 Å². The summed E-state index contributed by atoms with van der Waals surface area (Å²) >= 11 is 6.38. The van der Waals surface area contributed by atoms with Gasteiger partial charge in [-0.1, -0.05) is 59.6 Å². The molecule has 0 saturated heterocycles. The maximum Gasteiger partial charge on any atom is 0.274 e. The minimum absolute atomic E-state index is 0.222. The highest BCUT2D eigenvalue weighted by Gasteiger charge is 2.21. The zero-order chi connectivity index (χ0) is 20.3. The summed E-state index contributed by atoms with van der Waals surface area (Å²) in [6, 6.07) is 15.2. The Balaban J connectivity index is 1.71. The third-order valence-corrected chi connectivity index (χ3v) is 4.77. The molecule has 0 radical (unpaired) electrons. The van der Waals surface area contributed by atoms with Crippen molar-refractivity contribution >= 4 is 23.4 Å². The number of hydrazine groups is 1. The molecule has 28 heavy (non-hydrogen) atoms. The Morgan fingerprint density at radius 2 is 1.68 bits per heavy atom. The molecule has 0 aliphatic carbocycles. The number of hydrogen-bond donors (Lipinski definition) is 2. The molecule has 0 bridgehead atoms. The van der Waals surface area contributed by atoms with E-state index in [9.17, 15) is 9.59 Å². The fourth-order valence-corrected chi connectivity index (χ4v) is 3.30. The average Bonchev–Trinajstić information content (AvgIpc) is 2.93. The van der Waals surface area contributed by atoms with Gasteiger partial charge in [0.2, 0.25) is 0 Å². The molecule has 0 fully saturated rings. The van der Waals surface area contributed by atoms with Gasteiger partial charge >= 0.3 is 0 Å². The van der Waals surface area contributed by atoms with E-state index < -0.39 is 11.8 Å². The summed E-state index contributed by atoms with van der Waals surface area (Å²) in [6.07, 6.45) is 0. The van der Waals surface area contributed by atoms with Crippen molar-refractivity contribution in [1.29, 1.82) is 0 Å². The third-order valence-electron chi connectivity index (χ3n) is 4.38. The minimum atomic E-state index is -0.514. The Labute approximate surface area is 168 Å². The van der Waals surface area contributed by atoms with Gasteiger partial charge in [-0.15, -0.1) is 0 Å². The molecule has 0 unspecified atom stereocenters. The van der Waals surface area contributed by atoms with Crippen LogP contribution in [0.3, 0.4) is 0 Å². The molecule has 6 nitrogen and oxygen atoms in total. The van der Waals surface area contributed by atoms with Crippen LogP contribution in [-0.2, 0) is 6.54 Å². The molecule has 2 amide bonds. The standard InChI is InChI=1S/C21H21ClN4O2/c1-13-9-10-17(14(2)11-13)20(27)23-24-21(28)18-15(3)25-26(19(18)22)12-16-7-5-4-6-8-16/h4-11H,12H2,1-3H3,(H,23,27)(H,24,28). The van der Waals surface area contributed by atoms with Gasteiger partial charge in [0.05, 0.1) is 12.2 Å². The topological polar surface area (TPSA) is 76.0 Å². The van der Waals surface area contributed by atoms with Gasteiger partial charge in [-0.25, -0.2) is 4.68 Å². The van der Waals surface area contributed by atoms with Gasteiger partial charge in [0.1, 0.15) is 10.7 Å². The molecule has 7 heteroatoms. The predicted molar refractivity (Wildman–Crippen MR) is 108 cm³/mol. The molecule has 2 N–H and O–H groups in total. The van der Waals surface area contributed by atoms with E-state index >= 15 is 0 Å². The second kappa shape index (κ2) is 8.27. The highest BCUT2D eigenvalue weighted by atomic mass is 35.5. The fraction of sp³-hybridized carbons (Fsp3) is 0.190. The maximum absolute atomic E-state index is 12.6. The summed E-state index contributed by atoms with van der Waals surface area (Å²) in [6.45, 7) is 5.95. The van der Waals surface area contributed by atoms with Crippen molar-refractivity contribution in [3.63, 3.8) is 0 Å². The lowest BCUT2D eigenvalue weighted by Crippen LogP contribution is -2.42. The lowest BCUT2D eigenvalue weighted by Gasteiger charge is -2.10. The number of benzene rings is 2. The van der Waals surface area contributed by atoms with Gasteiger partial charge in [0.15, 0.2) is 0 Å². The van der Waals surface area contributed by atoms with Crippen molar-refractivity contribution in [2.45, 2.75) is 27.3 Å². The van der Waals surface area contributed by atoms with Gasteiger partial charge < -0.3 is 0 Å². The summed E-state index contributed by atoms with van der Waals surface area (Å²) in [4.78, 5) is 24.9. The first-order valence-electron chi connectivity index (χ1n) is 8.81. The molecule has 0 saturated carbocycles. The van der Waals surface area contributed by atoms with E-state index in [2.05, 4.69) is 16.0 Å². The Bertz CT molecular complexity index is 1030. The second-order valence-corrected chi connectivity index (χ2v) is 6.98. The Hall–Kier alpha value is -3.12. The lowest BCUT2D eigenvalue weighted by molar-refractivity contribution is 0.0846. The number of aryl methyl sites for hydroxylation is 3. The largest absolute Gasteiger partial charge is 0.274 e. The fourth-order valence-electron chi connectivity index (χ4n) is 2.98. The highest BCUT2D eigenvalue weighted by molar-refractivity contribution is 6.33. The molecule has 1 aromatic heterocycles. The van der Waals surface area contributed by atoms with Crippen LogP contribution < -0.4 is 10.9 Å². The van der Waals surface area contributed by atoms with Gasteiger partial charge in [-0.3, -0.25) is 20.4 Å². The van der Waals surface area contributed by atoms with Crippen molar-refractivity contribution in [3.05, 3.63) is 87.2 Å². The SMILES string of the molecule is Cc1ccc(C(=O)NNC(=O)c2c(C)nn(Cc3ccccc3)c2Cl)c(C)c1. The maximum atomic E-state index is 12.6. The van der Waals surface area contributed by atoms with Crippen LogP contribution in [0.15, 0.2) is 48.5 Å². The van der Waals surface area contributed by atoms with E-state index in [1.54, 1.807) is 17.7 Å². The first-order chi connectivity index (χ1) is 13.4. The normalized spacial score (nSPS) is 10.6. The molecular formula is C21H21ClN4O2. The quantitative estimate of drug-likeness (QED) is 0.662. The first-order valence-corrected chi connectivity index (χ1v) is 9.19. The van der Waals surface area contributed by atoms with Gasteiger partial charge in [0, 0.05) is 5.56 Å². The van der Waals surface area contributed by atoms with Crippen LogP contribution >= 0.6 is 11.6 Å². The Morgan fingerprint density at radius 3 is 2.36 bits per heavy atom. The number of carbonyl (C=O) groups excluding carboxylic acids is 2. The Morgan fingerprint density at radius 1 is 1.00 bits per heavy atom. The number of rotatable bonds is 4. The predicted octanol–water partition coefficient (Wildman–Crippen LogP) is 3.58. The van der Waals surface area contributed by atoms with Crippen molar-refractivity contribution < 1.29 is 9.59 Å². The molecular weight excluding hydrogens is 376 g/mol. The minimum Gasteiger partial charge on any atom is -0.267 e. The molecule has 0 aliphatic rings. The lowest BCUT2D eigenvalue weighted by atomic mass is 10.1. The summed E-state index contributed by atoms with van der Waals surface area (Å²) < 4.78 is 1.56. The molecule has 0 atom stereocenters. The zero-order valence-electron chi connectivity index (χ0n) is 15.9. The molecule has 3 rings (SSSR count). The van der Waals surface area contributed by atoms with Gasteiger partial charge in [-0.05, 0) is 38.0 Å². The molecule has 0 spiro atoms. The molecule has 1 heterocycles. The third kappa shape index (κ3) is 4.23. The highest BCUT2D eigenvalue weighted by Crippen LogP contribution is 2.20. The molecule has 0 aliphatic heterocycles. The van der Waals surface area contributed by atoms with Gasteiger partial charge in [-0.2, -0.15) is 5.10 Å². The van der Waals surface area contributed by atoms with E-state index in [1.165, 1.54) is 0 Å². The summed E-state index contributed by atoms with van der Waals surface area (Å²) in [5, 5.41) is 4.57. The second-order valence-electron chi connectivity index (χ2n) is 6.62. The van der Waals surface area contributed by atoms with Crippen LogP contribution in [0.2, 0.25) is 5.15 Å². The number of nitrogens with one attached hydrogen (secondary N) is 2. The molecule has 144 valence electrons. The number of amides is 2. The summed E-state index contributed by atoms with van der Waals surface area (Å²) in [5.41, 5.74) is 8.98. The number of halogens is 1. The monoisotopic (exact) mass is 396 g/mol. The van der Waals surface area contributed by atoms with Crippen LogP contribution in [-0.4, -0.2) is 21.6 Å². The number of carbonyl (C=O) groups is 2. The molecule has 3 aromatic rings. The van der Waals surface area contributed by atoms with Crippen LogP contribution in [0, 0.1) is 20.8 Å². The summed E-state index contributed by atoms with van der Waals surface area (Å²) in [7, 11) is 0. The van der Waals surface area contributed by atoms with Crippen molar-refractivity contribution in [3.8, 4) is 0 Å². The number of nitrogens with zero attached hydrogens (tertiary/aromatic N) is 2. The smallest absolute Gasteiger partial charge is 0.267 e.